The number of nitrogens with one attached hydrogen (secondary N) is 1. The molecule has 0 saturated heterocycles. The van der Waals surface area contributed by atoms with Gasteiger partial charge >= 0.3 is 0 Å². The maximum Gasteiger partial charge on any atom is 0.122 e. The van der Waals surface area contributed by atoms with Gasteiger partial charge in [0.2, 0.25) is 0 Å². The minimum absolute atomic E-state index is 0.486. The maximum absolute atomic E-state index is 5.87. The molecule has 0 spiro atoms. The third-order valence-corrected chi connectivity index (χ3v) is 6.92. The van der Waals surface area contributed by atoms with E-state index in [2.05, 4.69) is 101 Å². The van der Waals surface area contributed by atoms with Gasteiger partial charge < -0.3 is 14.7 Å². The Bertz CT molecular complexity index is 1540. The molecule has 5 heteroatoms. The van der Waals surface area contributed by atoms with Crippen molar-refractivity contribution >= 4 is 21.8 Å². The fraction of sp³-hybridized carbons (Fsp3) is 0.250. The van der Waals surface area contributed by atoms with Gasteiger partial charge in [-0.3, -0.25) is 4.98 Å². The molecule has 0 bridgehead atoms. The van der Waals surface area contributed by atoms with Gasteiger partial charge in [0.15, 0.2) is 0 Å². The van der Waals surface area contributed by atoms with Crippen LogP contribution in [0.3, 0.4) is 0 Å². The lowest BCUT2D eigenvalue weighted by molar-refractivity contribution is 0.137. The molecule has 2 heterocycles. The zero-order chi connectivity index (χ0) is 25.5. The molecule has 37 heavy (non-hydrogen) atoms. The predicted octanol–water partition coefficient (Wildman–Crippen LogP) is 6.06. The molecule has 0 saturated carbocycles. The quantitative estimate of drug-likeness (QED) is 0.147. The number of aromatic nitrogens is 2. The number of nitrogens with zero attached hydrogens (tertiary/aromatic N) is 3. The summed E-state index contributed by atoms with van der Waals surface area (Å²) in [5, 5.41) is 11.4. The first kappa shape index (κ1) is 24.7. The lowest BCUT2D eigenvalue weighted by Gasteiger charge is -2.19. The van der Waals surface area contributed by atoms with Gasteiger partial charge in [0.05, 0.1) is 11.0 Å². The van der Waals surface area contributed by atoms with Crippen molar-refractivity contribution < 1.29 is 4.84 Å². The molecule has 0 aliphatic carbocycles. The molecule has 0 unspecified atom stereocenters. The molecule has 188 valence electrons. The third-order valence-electron chi connectivity index (χ3n) is 6.92. The van der Waals surface area contributed by atoms with Crippen molar-refractivity contribution in [3.63, 3.8) is 0 Å². The highest BCUT2D eigenvalue weighted by Crippen LogP contribution is 2.25. The molecule has 1 N–H and O–H groups in total. The van der Waals surface area contributed by atoms with Crippen LogP contribution in [-0.2, 0) is 24.3 Å². The Kier molecular flexibility index (Phi) is 7.92. The Morgan fingerprint density at radius 1 is 0.865 bits per heavy atom. The van der Waals surface area contributed by atoms with E-state index < -0.39 is 0 Å². The van der Waals surface area contributed by atoms with Gasteiger partial charge in [-0.05, 0) is 61.7 Å². The summed E-state index contributed by atoms with van der Waals surface area (Å²) in [6, 6.07) is 29.4. The van der Waals surface area contributed by atoms with Crippen molar-refractivity contribution in [1.82, 2.24) is 14.9 Å². The van der Waals surface area contributed by atoms with Gasteiger partial charge in [-0.25, -0.2) is 0 Å². The van der Waals surface area contributed by atoms with Gasteiger partial charge in [0.25, 0.3) is 0 Å². The van der Waals surface area contributed by atoms with E-state index in [0.717, 1.165) is 54.3 Å². The van der Waals surface area contributed by atoms with Crippen molar-refractivity contribution in [3.8, 4) is 0 Å². The van der Waals surface area contributed by atoms with E-state index >= 15 is 0 Å². The van der Waals surface area contributed by atoms with Crippen molar-refractivity contribution in [2.75, 3.05) is 13.2 Å². The largest absolute Gasteiger partial charge is 0.395 e. The molecule has 5 rings (SSSR count). The van der Waals surface area contributed by atoms with E-state index in [9.17, 15) is 0 Å². The molecule has 0 atom stereocenters. The number of hydrogen-bond acceptors (Lipinski definition) is 4. The number of hydrogen-bond donors (Lipinski definition) is 1. The summed E-state index contributed by atoms with van der Waals surface area (Å²) in [6.45, 7) is 7.63. The van der Waals surface area contributed by atoms with Crippen molar-refractivity contribution in [3.05, 3.63) is 119 Å². The van der Waals surface area contributed by atoms with E-state index in [1.807, 2.05) is 24.4 Å². The Balaban J connectivity index is 1.44. The van der Waals surface area contributed by atoms with Crippen LogP contribution in [0.5, 0.6) is 0 Å². The first-order valence-corrected chi connectivity index (χ1v) is 13.0. The minimum atomic E-state index is 0.486. The molecule has 0 amide bonds. The number of rotatable bonds is 10. The summed E-state index contributed by atoms with van der Waals surface area (Å²) in [6.07, 6.45) is 3.56. The topological polar surface area (TPSA) is 51.4 Å². The van der Waals surface area contributed by atoms with Crippen LogP contribution in [0.4, 0.5) is 0 Å². The van der Waals surface area contributed by atoms with E-state index in [-0.39, 0.29) is 0 Å². The minimum Gasteiger partial charge on any atom is -0.395 e. The second kappa shape index (κ2) is 11.8. The summed E-state index contributed by atoms with van der Waals surface area (Å²) in [7, 11) is 0. The number of pyridine rings is 2. The molecule has 0 radical (unpaired) electrons. The fourth-order valence-corrected chi connectivity index (χ4v) is 4.84. The average molecular weight is 491 g/mol. The predicted molar refractivity (Wildman–Crippen MR) is 151 cm³/mol. The average Bonchev–Trinajstić information content (AvgIpc) is 2.94. The molecular weight excluding hydrogens is 456 g/mol. The number of aryl methyl sites for hydroxylation is 3. The highest BCUT2D eigenvalue weighted by molar-refractivity contribution is 5.95. The molecule has 5 nitrogen and oxygen atoms in total. The standard InChI is InChI=1S/C32H34N4O/c1-24-16-17-29-31(35-37-22-18-27-13-8-9-20-34-27)28-14-6-7-15-30(28)36(32(29)25(24)2)21-10-19-33-23-26-11-4-3-5-12-26/h3-9,11-17,20,33H,10,18-19,21-23H2,1-2H3/b35-31+. The fourth-order valence-electron chi connectivity index (χ4n) is 4.84. The highest BCUT2D eigenvalue weighted by Gasteiger charge is 2.13. The third kappa shape index (κ3) is 5.73. The van der Waals surface area contributed by atoms with Crippen LogP contribution >= 0.6 is 0 Å². The van der Waals surface area contributed by atoms with Crippen LogP contribution in [0, 0.1) is 13.8 Å². The molecule has 0 aliphatic heterocycles. The summed E-state index contributed by atoms with van der Waals surface area (Å²) < 4.78 is 2.46. The first-order chi connectivity index (χ1) is 18.2. The van der Waals surface area contributed by atoms with Crippen molar-refractivity contribution in [2.45, 2.75) is 39.8 Å². The van der Waals surface area contributed by atoms with Gasteiger partial charge in [-0.1, -0.05) is 71.9 Å². The van der Waals surface area contributed by atoms with Gasteiger partial charge in [0.1, 0.15) is 12.0 Å². The smallest absolute Gasteiger partial charge is 0.122 e. The van der Waals surface area contributed by atoms with Gasteiger partial charge in [-0.2, -0.15) is 0 Å². The van der Waals surface area contributed by atoms with Crippen LogP contribution in [0.1, 0.15) is 28.8 Å². The van der Waals surface area contributed by atoms with Gasteiger partial charge in [0, 0.05) is 42.2 Å². The van der Waals surface area contributed by atoms with E-state index in [1.54, 1.807) is 0 Å². The molecule has 5 aromatic rings. The van der Waals surface area contributed by atoms with Crippen molar-refractivity contribution in [2.24, 2.45) is 5.16 Å². The molecule has 2 aromatic heterocycles. The van der Waals surface area contributed by atoms with Gasteiger partial charge in [-0.15, -0.1) is 0 Å². The summed E-state index contributed by atoms with van der Waals surface area (Å²) in [4.78, 5) is 10.3. The highest BCUT2D eigenvalue weighted by atomic mass is 16.6. The molecule has 0 fully saturated rings. The summed E-state index contributed by atoms with van der Waals surface area (Å²) >= 11 is 0. The number of fused-ring (bicyclic) bond motifs is 2. The Morgan fingerprint density at radius 2 is 1.68 bits per heavy atom. The molecule has 3 aromatic carbocycles. The number of para-hydroxylation sites is 1. The van der Waals surface area contributed by atoms with E-state index in [0.29, 0.717) is 6.61 Å². The van der Waals surface area contributed by atoms with Crippen LogP contribution in [0.2, 0.25) is 0 Å². The SMILES string of the molecule is Cc1ccc2/c(=N/OCCc3ccccn3)c3ccccc3n(CCCNCc3ccccc3)c2c1C. The van der Waals surface area contributed by atoms with E-state index in [1.165, 1.54) is 27.7 Å². The monoisotopic (exact) mass is 490 g/mol. The second-order valence-electron chi connectivity index (χ2n) is 9.43. The second-order valence-corrected chi connectivity index (χ2v) is 9.43. The van der Waals surface area contributed by atoms with Crippen LogP contribution in [0.25, 0.3) is 21.8 Å². The lowest BCUT2D eigenvalue weighted by Crippen LogP contribution is -2.19. The zero-order valence-electron chi connectivity index (χ0n) is 21.7. The number of benzene rings is 3. The molecular formula is C32H34N4O. The summed E-state index contributed by atoms with van der Waals surface area (Å²) in [5.41, 5.74) is 7.29. The zero-order valence-corrected chi connectivity index (χ0v) is 21.7. The Morgan fingerprint density at radius 3 is 2.51 bits per heavy atom. The normalized spacial score (nSPS) is 11.9. The Hall–Kier alpha value is -3.96. The van der Waals surface area contributed by atoms with Crippen LogP contribution in [-0.4, -0.2) is 22.7 Å². The first-order valence-electron chi connectivity index (χ1n) is 13.0. The maximum atomic E-state index is 5.87. The van der Waals surface area contributed by atoms with Crippen molar-refractivity contribution in [1.29, 1.82) is 0 Å². The van der Waals surface area contributed by atoms with Crippen LogP contribution < -0.4 is 10.7 Å². The summed E-state index contributed by atoms with van der Waals surface area (Å²) in [5.74, 6) is 0. The van der Waals surface area contributed by atoms with E-state index in [4.69, 9.17) is 4.84 Å². The molecule has 0 aliphatic rings. The van der Waals surface area contributed by atoms with Crippen LogP contribution in [0.15, 0.2) is 96.3 Å². The Labute approximate surface area is 218 Å². The lowest BCUT2D eigenvalue weighted by atomic mass is 10.0.